The predicted molar refractivity (Wildman–Crippen MR) is 107 cm³/mol. The summed E-state index contributed by atoms with van der Waals surface area (Å²) >= 11 is 0. The number of rotatable bonds is 4. The molecule has 1 aromatic carbocycles. The van der Waals surface area contributed by atoms with Crippen LogP contribution in [-0.2, 0) is 6.42 Å². The molecule has 6 nitrogen and oxygen atoms in total. The Kier molecular flexibility index (Phi) is 4.66. The third-order valence-corrected chi connectivity index (χ3v) is 5.34. The Balaban J connectivity index is 1.80. The molecule has 3 heterocycles. The molecule has 140 valence electrons. The quantitative estimate of drug-likeness (QED) is 0.709. The van der Waals surface area contributed by atoms with Gasteiger partial charge in [-0.1, -0.05) is 19.1 Å². The molecule has 1 atom stereocenters. The maximum atomic E-state index is 12.7. The maximum absolute atomic E-state index is 12.7. The van der Waals surface area contributed by atoms with E-state index in [0.717, 1.165) is 42.9 Å². The van der Waals surface area contributed by atoms with E-state index in [1.807, 2.05) is 37.3 Å². The molecule has 1 saturated heterocycles. The van der Waals surface area contributed by atoms with Crippen LogP contribution in [-0.4, -0.2) is 48.1 Å². The smallest absolute Gasteiger partial charge is 0.347 e. The summed E-state index contributed by atoms with van der Waals surface area (Å²) in [6.07, 6.45) is 3.62. The van der Waals surface area contributed by atoms with Gasteiger partial charge in [0.15, 0.2) is 0 Å². The lowest BCUT2D eigenvalue weighted by molar-refractivity contribution is 0.315. The van der Waals surface area contributed by atoms with Gasteiger partial charge in [-0.05, 0) is 50.7 Å². The number of likely N-dealkylation sites (N-methyl/N-ethyl adjacent to an activating group) is 1. The second-order valence-corrected chi connectivity index (χ2v) is 7.20. The number of aryl methyl sites for hydroxylation is 1. The van der Waals surface area contributed by atoms with Crippen LogP contribution in [0.4, 0.5) is 5.82 Å². The third kappa shape index (κ3) is 3.21. The number of anilines is 1. The molecule has 1 aliphatic heterocycles. The molecule has 3 aromatic rings. The van der Waals surface area contributed by atoms with Crippen LogP contribution in [0.3, 0.4) is 0 Å². The zero-order valence-corrected chi connectivity index (χ0v) is 16.0. The van der Waals surface area contributed by atoms with Crippen molar-refractivity contribution in [2.24, 2.45) is 0 Å². The molecule has 0 aliphatic carbocycles. The average Bonchev–Trinajstić information content (AvgIpc) is 3.17. The van der Waals surface area contributed by atoms with Gasteiger partial charge in [-0.3, -0.25) is 0 Å². The predicted octanol–water partition coefficient (Wildman–Crippen LogP) is 2.95. The van der Waals surface area contributed by atoms with Gasteiger partial charge >= 0.3 is 5.63 Å². The fourth-order valence-corrected chi connectivity index (χ4v) is 3.77. The van der Waals surface area contributed by atoms with Crippen LogP contribution in [0.5, 0.6) is 0 Å². The largest absolute Gasteiger partial charge is 0.403 e. The minimum atomic E-state index is -0.338. The molecule has 0 spiro atoms. The first-order chi connectivity index (χ1) is 13.1. The van der Waals surface area contributed by atoms with Gasteiger partial charge in [-0.25, -0.2) is 14.8 Å². The first-order valence-electron chi connectivity index (χ1n) is 9.38. The van der Waals surface area contributed by atoms with Crippen molar-refractivity contribution < 1.29 is 4.42 Å². The van der Waals surface area contributed by atoms with E-state index in [9.17, 15) is 4.79 Å². The Morgan fingerprint density at radius 1 is 1.26 bits per heavy atom. The lowest BCUT2D eigenvalue weighted by Gasteiger charge is -2.22. The highest BCUT2D eigenvalue weighted by molar-refractivity contribution is 5.83. The first kappa shape index (κ1) is 17.7. The molecule has 6 heteroatoms. The Morgan fingerprint density at radius 3 is 2.85 bits per heavy atom. The van der Waals surface area contributed by atoms with E-state index in [1.165, 1.54) is 0 Å². The highest BCUT2D eigenvalue weighted by Gasteiger charge is 2.27. The zero-order chi connectivity index (χ0) is 19.0. The van der Waals surface area contributed by atoms with Crippen LogP contribution in [0.25, 0.3) is 22.4 Å². The minimum absolute atomic E-state index is 0.331. The van der Waals surface area contributed by atoms with Crippen molar-refractivity contribution in [3.63, 3.8) is 0 Å². The number of hydrogen-bond acceptors (Lipinski definition) is 6. The summed E-state index contributed by atoms with van der Waals surface area (Å²) in [5.74, 6) is 1.15. The van der Waals surface area contributed by atoms with E-state index >= 15 is 0 Å². The van der Waals surface area contributed by atoms with Gasteiger partial charge in [0, 0.05) is 25.3 Å². The second kappa shape index (κ2) is 7.12. The number of pyridine rings is 1. The van der Waals surface area contributed by atoms with Crippen molar-refractivity contribution in [3.05, 3.63) is 52.5 Å². The van der Waals surface area contributed by atoms with Crippen LogP contribution in [0.2, 0.25) is 0 Å². The number of nitrogens with zero attached hydrogens (tertiary/aromatic N) is 4. The highest BCUT2D eigenvalue weighted by atomic mass is 16.4. The van der Waals surface area contributed by atoms with Gasteiger partial charge in [-0.2, -0.15) is 0 Å². The molecule has 27 heavy (non-hydrogen) atoms. The Labute approximate surface area is 158 Å². The van der Waals surface area contributed by atoms with Crippen LogP contribution >= 0.6 is 0 Å². The van der Waals surface area contributed by atoms with Crippen molar-refractivity contribution in [2.75, 3.05) is 32.1 Å². The van der Waals surface area contributed by atoms with Crippen molar-refractivity contribution >= 4 is 16.7 Å². The summed E-state index contributed by atoms with van der Waals surface area (Å²) in [7, 11) is 4.20. The lowest BCUT2D eigenvalue weighted by Crippen LogP contribution is -2.31. The summed E-state index contributed by atoms with van der Waals surface area (Å²) in [6.45, 7) is 3.84. The normalized spacial score (nSPS) is 17.2. The average molecular weight is 364 g/mol. The van der Waals surface area contributed by atoms with Crippen molar-refractivity contribution in [3.8, 4) is 11.5 Å². The van der Waals surface area contributed by atoms with Gasteiger partial charge in [0.2, 0.25) is 5.89 Å². The van der Waals surface area contributed by atoms with Gasteiger partial charge in [0.05, 0.1) is 16.5 Å². The van der Waals surface area contributed by atoms with E-state index in [2.05, 4.69) is 33.9 Å². The summed E-state index contributed by atoms with van der Waals surface area (Å²) in [5.41, 5.74) is 2.05. The standard InChI is InChI=1S/C21H24N4O2/c1-4-14-7-5-9-17-18(14)21(26)27-20(23-17)16-8-6-11-22-19(16)25-12-10-15(13-25)24(2)3/h5-9,11,15H,4,10,12-13H2,1-3H3. The fraction of sp³-hybridized carbons (Fsp3) is 0.381. The topological polar surface area (TPSA) is 62.5 Å². The minimum Gasteiger partial charge on any atom is -0.403 e. The summed E-state index contributed by atoms with van der Waals surface area (Å²) < 4.78 is 5.65. The number of aromatic nitrogens is 2. The number of benzene rings is 1. The molecule has 1 unspecified atom stereocenters. The number of hydrogen-bond donors (Lipinski definition) is 0. The molecular formula is C21H24N4O2. The van der Waals surface area contributed by atoms with Crippen molar-refractivity contribution in [1.29, 1.82) is 0 Å². The van der Waals surface area contributed by atoms with Crippen LogP contribution in [0, 0.1) is 0 Å². The fourth-order valence-electron chi connectivity index (χ4n) is 3.77. The van der Waals surface area contributed by atoms with Crippen LogP contribution < -0.4 is 10.5 Å². The van der Waals surface area contributed by atoms with Gasteiger partial charge < -0.3 is 14.2 Å². The maximum Gasteiger partial charge on any atom is 0.347 e. The molecule has 2 aromatic heterocycles. The van der Waals surface area contributed by atoms with Gasteiger partial charge in [0.25, 0.3) is 0 Å². The van der Waals surface area contributed by atoms with Crippen LogP contribution in [0.1, 0.15) is 18.9 Å². The molecule has 0 radical (unpaired) electrons. The molecule has 0 N–H and O–H groups in total. The third-order valence-electron chi connectivity index (χ3n) is 5.34. The van der Waals surface area contributed by atoms with Crippen molar-refractivity contribution in [2.45, 2.75) is 25.8 Å². The SMILES string of the molecule is CCc1cccc2nc(-c3cccnc3N3CCC(N(C)C)C3)oc(=O)c12. The van der Waals surface area contributed by atoms with E-state index in [0.29, 0.717) is 22.8 Å². The number of fused-ring (bicyclic) bond motifs is 1. The molecule has 1 aliphatic rings. The van der Waals surface area contributed by atoms with E-state index in [-0.39, 0.29) is 5.63 Å². The lowest BCUT2D eigenvalue weighted by atomic mass is 10.1. The monoisotopic (exact) mass is 364 g/mol. The Hall–Kier alpha value is -2.73. The molecule has 0 bridgehead atoms. The molecule has 0 saturated carbocycles. The Morgan fingerprint density at radius 2 is 2.11 bits per heavy atom. The molecular weight excluding hydrogens is 340 g/mol. The highest BCUT2D eigenvalue weighted by Crippen LogP contribution is 2.31. The second-order valence-electron chi connectivity index (χ2n) is 7.20. The molecule has 4 rings (SSSR count). The Bertz CT molecular complexity index is 1030. The summed E-state index contributed by atoms with van der Waals surface area (Å²) in [4.78, 5) is 26.4. The molecule has 0 amide bonds. The zero-order valence-electron chi connectivity index (χ0n) is 16.0. The van der Waals surface area contributed by atoms with Gasteiger partial charge in [-0.15, -0.1) is 0 Å². The first-order valence-corrected chi connectivity index (χ1v) is 9.38. The van der Waals surface area contributed by atoms with E-state index in [4.69, 9.17) is 4.42 Å². The summed E-state index contributed by atoms with van der Waals surface area (Å²) in [5, 5.41) is 0.572. The van der Waals surface area contributed by atoms with Gasteiger partial charge in [0.1, 0.15) is 5.82 Å². The molecule has 1 fully saturated rings. The summed E-state index contributed by atoms with van der Waals surface area (Å²) in [6, 6.07) is 10.0. The van der Waals surface area contributed by atoms with Crippen LogP contribution in [0.15, 0.2) is 45.7 Å². The van der Waals surface area contributed by atoms with E-state index in [1.54, 1.807) is 6.20 Å². The van der Waals surface area contributed by atoms with E-state index < -0.39 is 0 Å². The van der Waals surface area contributed by atoms with Crippen molar-refractivity contribution in [1.82, 2.24) is 14.9 Å².